The number of benzene rings is 1. The van der Waals surface area contributed by atoms with E-state index in [9.17, 15) is 19.7 Å². The van der Waals surface area contributed by atoms with Crippen molar-refractivity contribution in [2.45, 2.75) is 6.92 Å². The third kappa shape index (κ3) is 5.72. The van der Waals surface area contributed by atoms with E-state index in [4.69, 9.17) is 4.52 Å². The Balaban J connectivity index is 1.44. The number of anilines is 1. The van der Waals surface area contributed by atoms with Gasteiger partial charge in [-0.1, -0.05) is 5.16 Å². The number of nitrogens with one attached hydrogen (secondary N) is 1. The molecule has 1 aromatic heterocycles. The lowest BCUT2D eigenvalue weighted by atomic mass is 10.2. The molecule has 0 unspecified atom stereocenters. The van der Waals surface area contributed by atoms with E-state index in [-0.39, 0.29) is 24.0 Å². The Morgan fingerprint density at radius 1 is 1.24 bits per heavy atom. The molecule has 1 aliphatic heterocycles. The third-order valence-corrected chi connectivity index (χ3v) is 4.47. The van der Waals surface area contributed by atoms with E-state index < -0.39 is 4.92 Å². The van der Waals surface area contributed by atoms with Gasteiger partial charge in [-0.05, 0) is 30.7 Å². The summed E-state index contributed by atoms with van der Waals surface area (Å²) >= 11 is 0. The number of aromatic nitrogens is 1. The van der Waals surface area contributed by atoms with Crippen LogP contribution >= 0.6 is 0 Å². The van der Waals surface area contributed by atoms with Gasteiger partial charge in [0.1, 0.15) is 5.76 Å². The zero-order chi connectivity index (χ0) is 20.8. The van der Waals surface area contributed by atoms with Gasteiger partial charge in [-0.2, -0.15) is 0 Å². The monoisotopic (exact) mass is 399 g/mol. The SMILES string of the molecule is Cc1cc(NC(=O)CN2CCN(C(=O)/C=C/c3ccc([N+](=O)[O-])cc3)CC2)no1. The van der Waals surface area contributed by atoms with E-state index in [2.05, 4.69) is 10.5 Å². The van der Waals surface area contributed by atoms with Gasteiger partial charge in [0.2, 0.25) is 11.8 Å². The predicted octanol–water partition coefficient (Wildman–Crippen LogP) is 1.69. The number of hydrogen-bond acceptors (Lipinski definition) is 7. The smallest absolute Gasteiger partial charge is 0.269 e. The molecule has 1 N–H and O–H groups in total. The van der Waals surface area contributed by atoms with Crippen LogP contribution in [-0.4, -0.2) is 64.4 Å². The molecule has 152 valence electrons. The fourth-order valence-electron chi connectivity index (χ4n) is 2.92. The lowest BCUT2D eigenvalue weighted by Gasteiger charge is -2.33. The van der Waals surface area contributed by atoms with Gasteiger partial charge in [0, 0.05) is 50.5 Å². The van der Waals surface area contributed by atoms with Crippen LogP contribution in [0.5, 0.6) is 0 Å². The summed E-state index contributed by atoms with van der Waals surface area (Å²) in [6.45, 7) is 4.16. The van der Waals surface area contributed by atoms with Gasteiger partial charge in [0.25, 0.3) is 5.69 Å². The first-order valence-electron chi connectivity index (χ1n) is 9.08. The molecule has 3 rings (SSSR count). The normalized spacial score (nSPS) is 14.9. The summed E-state index contributed by atoms with van der Waals surface area (Å²) in [4.78, 5) is 38.3. The molecule has 10 nitrogen and oxygen atoms in total. The van der Waals surface area contributed by atoms with Crippen molar-refractivity contribution in [3.8, 4) is 0 Å². The van der Waals surface area contributed by atoms with E-state index in [1.54, 1.807) is 36.1 Å². The lowest BCUT2D eigenvalue weighted by molar-refractivity contribution is -0.384. The molecule has 29 heavy (non-hydrogen) atoms. The maximum atomic E-state index is 12.3. The highest BCUT2D eigenvalue weighted by Crippen LogP contribution is 2.13. The highest BCUT2D eigenvalue weighted by atomic mass is 16.6. The van der Waals surface area contributed by atoms with Crippen molar-refractivity contribution in [2.75, 3.05) is 38.0 Å². The minimum absolute atomic E-state index is 0.00678. The van der Waals surface area contributed by atoms with E-state index in [0.717, 1.165) is 0 Å². The second kappa shape index (κ2) is 9.11. The molecule has 2 heterocycles. The molecule has 2 amide bonds. The zero-order valence-corrected chi connectivity index (χ0v) is 15.9. The molecule has 1 fully saturated rings. The van der Waals surface area contributed by atoms with Crippen molar-refractivity contribution in [3.63, 3.8) is 0 Å². The first-order valence-corrected chi connectivity index (χ1v) is 9.08. The van der Waals surface area contributed by atoms with Gasteiger partial charge in [0.15, 0.2) is 5.82 Å². The Hall–Kier alpha value is -3.53. The molecule has 1 aromatic carbocycles. The minimum atomic E-state index is -0.467. The molecule has 1 saturated heterocycles. The number of nitro groups is 1. The van der Waals surface area contributed by atoms with Crippen LogP contribution in [0.2, 0.25) is 0 Å². The molecule has 0 spiro atoms. The van der Waals surface area contributed by atoms with Crippen LogP contribution in [0.25, 0.3) is 6.08 Å². The van der Waals surface area contributed by atoms with Gasteiger partial charge in [-0.15, -0.1) is 0 Å². The number of non-ortho nitro benzene ring substituents is 1. The Morgan fingerprint density at radius 3 is 2.52 bits per heavy atom. The van der Waals surface area contributed by atoms with Crippen LogP contribution < -0.4 is 5.32 Å². The molecule has 0 bridgehead atoms. The number of piperazine rings is 1. The molecule has 0 saturated carbocycles. The van der Waals surface area contributed by atoms with Gasteiger partial charge in [0.05, 0.1) is 11.5 Å². The van der Waals surface area contributed by atoms with Crippen molar-refractivity contribution in [3.05, 3.63) is 57.8 Å². The summed E-state index contributed by atoms with van der Waals surface area (Å²) < 4.78 is 4.91. The molecule has 10 heteroatoms. The predicted molar refractivity (Wildman–Crippen MR) is 105 cm³/mol. The van der Waals surface area contributed by atoms with Crippen LogP contribution in [0.15, 0.2) is 40.9 Å². The Morgan fingerprint density at radius 2 is 1.93 bits per heavy atom. The van der Waals surface area contributed by atoms with Crippen LogP contribution in [0.3, 0.4) is 0 Å². The maximum Gasteiger partial charge on any atom is 0.269 e. The molecule has 0 atom stereocenters. The number of hydrogen-bond donors (Lipinski definition) is 1. The van der Waals surface area contributed by atoms with Gasteiger partial charge in [-0.3, -0.25) is 24.6 Å². The maximum absolute atomic E-state index is 12.3. The van der Waals surface area contributed by atoms with E-state index in [0.29, 0.717) is 43.3 Å². The highest BCUT2D eigenvalue weighted by molar-refractivity contribution is 5.92. The Bertz CT molecular complexity index is 913. The fraction of sp³-hybridized carbons (Fsp3) is 0.316. The molecular weight excluding hydrogens is 378 g/mol. The number of aryl methyl sites for hydroxylation is 1. The van der Waals surface area contributed by atoms with Gasteiger partial charge in [-0.25, -0.2) is 0 Å². The summed E-state index contributed by atoms with van der Waals surface area (Å²) in [5.74, 6) is 0.688. The second-order valence-electron chi connectivity index (χ2n) is 6.65. The Kier molecular flexibility index (Phi) is 6.35. The minimum Gasteiger partial charge on any atom is -0.360 e. The van der Waals surface area contributed by atoms with Crippen molar-refractivity contribution in [2.24, 2.45) is 0 Å². The average Bonchev–Trinajstić information content (AvgIpc) is 3.11. The summed E-state index contributed by atoms with van der Waals surface area (Å²) in [7, 11) is 0. The molecule has 1 aliphatic rings. The van der Waals surface area contributed by atoms with Crippen LogP contribution in [0.4, 0.5) is 11.5 Å². The van der Waals surface area contributed by atoms with Crippen molar-refractivity contribution < 1.29 is 19.0 Å². The number of rotatable bonds is 6. The third-order valence-electron chi connectivity index (χ3n) is 4.47. The summed E-state index contributed by atoms with van der Waals surface area (Å²) in [6.07, 6.45) is 3.09. The zero-order valence-electron chi connectivity index (χ0n) is 15.9. The first kappa shape index (κ1) is 20.2. The lowest BCUT2D eigenvalue weighted by Crippen LogP contribution is -2.50. The molecule has 2 aromatic rings. The van der Waals surface area contributed by atoms with Crippen LogP contribution in [0, 0.1) is 17.0 Å². The summed E-state index contributed by atoms with van der Waals surface area (Å²) in [5.41, 5.74) is 0.717. The number of carbonyl (C=O) groups excluding carboxylic acids is 2. The quantitative estimate of drug-likeness (QED) is 0.445. The Labute approximate surface area is 166 Å². The van der Waals surface area contributed by atoms with Crippen LogP contribution in [-0.2, 0) is 9.59 Å². The van der Waals surface area contributed by atoms with E-state index in [1.165, 1.54) is 18.2 Å². The van der Waals surface area contributed by atoms with Crippen molar-refractivity contribution in [1.29, 1.82) is 0 Å². The summed E-state index contributed by atoms with van der Waals surface area (Å²) in [6, 6.07) is 7.62. The largest absolute Gasteiger partial charge is 0.360 e. The standard InChI is InChI=1S/C19H21N5O5/c1-14-12-17(21-29-14)20-18(25)13-22-8-10-23(11-9-22)19(26)7-4-15-2-5-16(6-3-15)24(27)28/h2-7,12H,8-11,13H2,1H3,(H,20,21,25)/b7-4+. The number of nitro benzene ring substituents is 1. The van der Waals surface area contributed by atoms with Crippen molar-refractivity contribution >= 4 is 29.4 Å². The van der Waals surface area contributed by atoms with Crippen LogP contribution in [0.1, 0.15) is 11.3 Å². The molecule has 0 aliphatic carbocycles. The second-order valence-corrected chi connectivity index (χ2v) is 6.65. The fourth-order valence-corrected chi connectivity index (χ4v) is 2.92. The number of carbonyl (C=O) groups is 2. The molecule has 0 radical (unpaired) electrons. The topological polar surface area (TPSA) is 122 Å². The van der Waals surface area contributed by atoms with Gasteiger partial charge < -0.3 is 14.7 Å². The molecular formula is C19H21N5O5. The van der Waals surface area contributed by atoms with E-state index >= 15 is 0 Å². The van der Waals surface area contributed by atoms with Crippen molar-refractivity contribution in [1.82, 2.24) is 15.0 Å². The number of nitrogens with zero attached hydrogens (tertiary/aromatic N) is 4. The first-order chi connectivity index (χ1) is 13.9. The van der Waals surface area contributed by atoms with Gasteiger partial charge >= 0.3 is 0 Å². The highest BCUT2D eigenvalue weighted by Gasteiger charge is 2.21. The summed E-state index contributed by atoms with van der Waals surface area (Å²) in [5, 5.41) is 17.1. The van der Waals surface area contributed by atoms with E-state index in [1.807, 2.05) is 4.90 Å². The number of amides is 2. The average molecular weight is 399 g/mol.